The van der Waals surface area contributed by atoms with E-state index in [1.54, 1.807) is 0 Å². The molecule has 0 amide bonds. The van der Waals surface area contributed by atoms with E-state index in [0.29, 0.717) is 5.92 Å². The van der Waals surface area contributed by atoms with Gasteiger partial charge >= 0.3 is 5.97 Å². The Labute approximate surface area is 86.1 Å². The van der Waals surface area contributed by atoms with Crippen LogP contribution < -0.4 is 5.73 Å². The molecule has 0 bridgehead atoms. The summed E-state index contributed by atoms with van der Waals surface area (Å²) in [7, 11) is 0. The minimum atomic E-state index is -0.800. The molecule has 4 heteroatoms. The second-order valence-electron chi connectivity index (χ2n) is 3.49. The van der Waals surface area contributed by atoms with Gasteiger partial charge in [-0.2, -0.15) is 0 Å². The highest BCUT2D eigenvalue weighted by Gasteiger charge is 2.11. The number of hydrogen-bond donors (Lipinski definition) is 2. The maximum absolute atomic E-state index is 10.3. The third-order valence-electron chi connectivity index (χ3n) is 1.92. The average molecular weight is 210 g/mol. The molecule has 0 heterocycles. The molecule has 0 aromatic rings. The SMILES string of the molecule is CCC[C@H](C)C[C@@H](N)CC(=O)O.Cl. The standard InChI is InChI=1S/C9H19NO2.ClH/c1-3-4-7(2)5-8(10)6-9(11)12;/h7-8H,3-6,10H2,1-2H3,(H,11,12);1H/t7-,8+;/m0./s1. The molecular formula is C9H20ClNO2. The monoisotopic (exact) mass is 209 g/mol. The van der Waals surface area contributed by atoms with Gasteiger partial charge in [-0.3, -0.25) is 4.79 Å². The van der Waals surface area contributed by atoms with Gasteiger partial charge in [-0.05, 0) is 12.3 Å². The van der Waals surface area contributed by atoms with Crippen molar-refractivity contribution < 1.29 is 9.90 Å². The molecule has 2 atom stereocenters. The zero-order valence-electron chi connectivity index (χ0n) is 8.32. The normalized spacial score (nSPS) is 14.4. The van der Waals surface area contributed by atoms with E-state index in [-0.39, 0.29) is 24.9 Å². The van der Waals surface area contributed by atoms with Crippen molar-refractivity contribution in [3.8, 4) is 0 Å². The van der Waals surface area contributed by atoms with Crippen LogP contribution in [0.15, 0.2) is 0 Å². The molecule has 3 nitrogen and oxygen atoms in total. The summed E-state index contributed by atoms with van der Waals surface area (Å²) in [6.07, 6.45) is 3.18. The Morgan fingerprint density at radius 1 is 1.54 bits per heavy atom. The first kappa shape index (κ1) is 15.2. The third kappa shape index (κ3) is 9.64. The van der Waals surface area contributed by atoms with Crippen LogP contribution >= 0.6 is 12.4 Å². The van der Waals surface area contributed by atoms with Crippen molar-refractivity contribution in [3.05, 3.63) is 0 Å². The first-order chi connectivity index (χ1) is 5.56. The summed E-state index contributed by atoms with van der Waals surface area (Å²) in [4.78, 5) is 10.3. The van der Waals surface area contributed by atoms with Crippen LogP contribution in [0.25, 0.3) is 0 Å². The van der Waals surface area contributed by atoms with Crippen LogP contribution in [-0.4, -0.2) is 17.1 Å². The van der Waals surface area contributed by atoms with E-state index >= 15 is 0 Å². The van der Waals surface area contributed by atoms with Gasteiger partial charge in [0, 0.05) is 6.04 Å². The van der Waals surface area contributed by atoms with E-state index in [0.717, 1.165) is 19.3 Å². The fourth-order valence-corrected chi connectivity index (χ4v) is 1.44. The summed E-state index contributed by atoms with van der Waals surface area (Å²) in [6, 6.07) is -0.177. The second kappa shape index (κ2) is 8.32. The highest BCUT2D eigenvalue weighted by Crippen LogP contribution is 2.12. The highest BCUT2D eigenvalue weighted by atomic mass is 35.5. The minimum Gasteiger partial charge on any atom is -0.481 e. The lowest BCUT2D eigenvalue weighted by atomic mass is 9.96. The summed E-state index contributed by atoms with van der Waals surface area (Å²) in [5.41, 5.74) is 5.62. The van der Waals surface area contributed by atoms with Crippen LogP contribution in [0, 0.1) is 5.92 Å². The average Bonchev–Trinajstić information content (AvgIpc) is 1.84. The largest absolute Gasteiger partial charge is 0.481 e. The maximum atomic E-state index is 10.3. The van der Waals surface area contributed by atoms with Crippen LogP contribution in [0.5, 0.6) is 0 Å². The van der Waals surface area contributed by atoms with Gasteiger partial charge in [0.1, 0.15) is 0 Å². The Bertz CT molecular complexity index is 142. The summed E-state index contributed by atoms with van der Waals surface area (Å²) >= 11 is 0. The summed E-state index contributed by atoms with van der Waals surface area (Å²) in [5.74, 6) is -0.254. The summed E-state index contributed by atoms with van der Waals surface area (Å²) in [6.45, 7) is 4.24. The van der Waals surface area contributed by atoms with E-state index in [2.05, 4.69) is 13.8 Å². The molecule has 0 aliphatic heterocycles. The third-order valence-corrected chi connectivity index (χ3v) is 1.92. The molecule has 0 aliphatic carbocycles. The van der Waals surface area contributed by atoms with Gasteiger partial charge in [0.15, 0.2) is 0 Å². The van der Waals surface area contributed by atoms with Crippen LogP contribution in [0.3, 0.4) is 0 Å². The Morgan fingerprint density at radius 3 is 2.46 bits per heavy atom. The number of carboxylic acids is 1. The van der Waals surface area contributed by atoms with Gasteiger partial charge in [-0.15, -0.1) is 12.4 Å². The number of aliphatic carboxylic acids is 1. The van der Waals surface area contributed by atoms with Gasteiger partial charge in [0.05, 0.1) is 6.42 Å². The molecule has 0 saturated heterocycles. The molecule has 3 N–H and O–H groups in total. The van der Waals surface area contributed by atoms with E-state index in [1.165, 1.54) is 0 Å². The van der Waals surface area contributed by atoms with Crippen molar-refractivity contribution in [2.75, 3.05) is 0 Å². The van der Waals surface area contributed by atoms with E-state index in [4.69, 9.17) is 10.8 Å². The molecule has 0 spiro atoms. The van der Waals surface area contributed by atoms with Crippen molar-refractivity contribution in [2.24, 2.45) is 11.7 Å². The number of carbonyl (C=O) groups is 1. The van der Waals surface area contributed by atoms with Gasteiger partial charge in [-0.25, -0.2) is 0 Å². The number of halogens is 1. The second-order valence-corrected chi connectivity index (χ2v) is 3.49. The molecular weight excluding hydrogens is 190 g/mol. The highest BCUT2D eigenvalue weighted by molar-refractivity contribution is 5.85. The molecule has 0 aromatic heterocycles. The van der Waals surface area contributed by atoms with Crippen molar-refractivity contribution in [1.82, 2.24) is 0 Å². The fourth-order valence-electron chi connectivity index (χ4n) is 1.44. The van der Waals surface area contributed by atoms with Gasteiger partial charge < -0.3 is 10.8 Å². The molecule has 0 unspecified atom stereocenters. The number of hydrogen-bond acceptors (Lipinski definition) is 2. The molecule has 0 saturated carbocycles. The first-order valence-electron chi connectivity index (χ1n) is 4.53. The molecule has 0 aliphatic rings. The van der Waals surface area contributed by atoms with Crippen molar-refractivity contribution >= 4 is 18.4 Å². The zero-order chi connectivity index (χ0) is 9.56. The Morgan fingerprint density at radius 2 is 2.08 bits per heavy atom. The van der Waals surface area contributed by atoms with E-state index in [9.17, 15) is 4.79 Å². The minimum absolute atomic E-state index is 0. The van der Waals surface area contributed by atoms with Gasteiger partial charge in [-0.1, -0.05) is 26.7 Å². The van der Waals surface area contributed by atoms with E-state index in [1.807, 2.05) is 0 Å². The Kier molecular flexibility index (Phi) is 9.74. The molecule has 0 aromatic carbocycles. The lowest BCUT2D eigenvalue weighted by Crippen LogP contribution is -2.25. The number of nitrogens with two attached hydrogens (primary N) is 1. The molecule has 0 fully saturated rings. The predicted molar refractivity (Wildman–Crippen MR) is 56.2 cm³/mol. The number of rotatable bonds is 6. The van der Waals surface area contributed by atoms with Crippen LogP contribution in [0.1, 0.15) is 39.5 Å². The topological polar surface area (TPSA) is 63.3 Å². The van der Waals surface area contributed by atoms with Gasteiger partial charge in [0.25, 0.3) is 0 Å². The summed E-state index contributed by atoms with van der Waals surface area (Å²) < 4.78 is 0. The smallest absolute Gasteiger partial charge is 0.304 e. The predicted octanol–water partition coefficient (Wildman–Crippen LogP) is 2.04. The first-order valence-corrected chi connectivity index (χ1v) is 4.53. The zero-order valence-corrected chi connectivity index (χ0v) is 9.14. The van der Waals surface area contributed by atoms with Crippen molar-refractivity contribution in [1.29, 1.82) is 0 Å². The Hall–Kier alpha value is -0.280. The van der Waals surface area contributed by atoms with E-state index < -0.39 is 5.97 Å². The number of carboxylic acid groups (broad SMARTS) is 1. The quantitative estimate of drug-likeness (QED) is 0.704. The molecule has 0 radical (unpaired) electrons. The molecule has 0 rings (SSSR count). The van der Waals surface area contributed by atoms with Crippen LogP contribution in [0.2, 0.25) is 0 Å². The van der Waals surface area contributed by atoms with Crippen molar-refractivity contribution in [3.63, 3.8) is 0 Å². The molecule has 13 heavy (non-hydrogen) atoms. The molecule has 80 valence electrons. The van der Waals surface area contributed by atoms with Crippen molar-refractivity contribution in [2.45, 2.75) is 45.6 Å². The van der Waals surface area contributed by atoms with Gasteiger partial charge in [0.2, 0.25) is 0 Å². The van der Waals surface area contributed by atoms with Crippen LogP contribution in [0.4, 0.5) is 0 Å². The Balaban J connectivity index is 0. The lowest BCUT2D eigenvalue weighted by molar-refractivity contribution is -0.137. The summed E-state index contributed by atoms with van der Waals surface area (Å²) in [5, 5.41) is 8.45. The fraction of sp³-hybridized carbons (Fsp3) is 0.889. The van der Waals surface area contributed by atoms with Crippen LogP contribution in [-0.2, 0) is 4.79 Å². The lowest BCUT2D eigenvalue weighted by Gasteiger charge is -2.14. The maximum Gasteiger partial charge on any atom is 0.304 e.